The van der Waals surface area contributed by atoms with Gasteiger partial charge in [-0.1, -0.05) is 23.5 Å². The maximum atomic E-state index is 12.5. The summed E-state index contributed by atoms with van der Waals surface area (Å²) in [6.07, 6.45) is -0.735. The van der Waals surface area contributed by atoms with Crippen LogP contribution in [0.25, 0.3) is 0 Å². The average molecular weight is 291 g/mol. The fourth-order valence-corrected chi connectivity index (χ4v) is 1.93. The fourth-order valence-electron chi connectivity index (χ4n) is 1.93. The van der Waals surface area contributed by atoms with Gasteiger partial charge in [0.2, 0.25) is 0 Å². The number of aliphatic hydroxyl groups is 2. The van der Waals surface area contributed by atoms with Crippen LogP contribution in [0.3, 0.4) is 0 Å². The lowest BCUT2D eigenvalue weighted by atomic mass is 10.0. The summed E-state index contributed by atoms with van der Waals surface area (Å²) >= 11 is 0. The molecule has 1 aromatic carbocycles. The van der Waals surface area contributed by atoms with E-state index in [-0.39, 0.29) is 25.7 Å². The molecule has 0 bridgehead atoms. The number of nitrogens with zero attached hydrogens (tertiary/aromatic N) is 1. The van der Waals surface area contributed by atoms with Crippen molar-refractivity contribution in [3.63, 3.8) is 0 Å². The molecule has 0 aliphatic rings. The van der Waals surface area contributed by atoms with Crippen molar-refractivity contribution < 1.29 is 19.7 Å². The standard InChI is InChI=1S/C16H21NO4/c1-12-6-7-13(5-4-8-18)15(9-12)16(20)17(2)10-14(19)11-21-3/h6-7,9,14,18-19H,8,10-11H2,1-3H3. The normalized spacial score (nSPS) is 11.5. The van der Waals surface area contributed by atoms with Crippen LogP contribution in [-0.4, -0.2) is 61.0 Å². The summed E-state index contributed by atoms with van der Waals surface area (Å²) in [5.41, 5.74) is 1.97. The van der Waals surface area contributed by atoms with Crippen LogP contribution >= 0.6 is 0 Å². The summed E-state index contributed by atoms with van der Waals surface area (Å²) in [6, 6.07) is 5.37. The maximum Gasteiger partial charge on any atom is 0.254 e. The minimum absolute atomic E-state index is 0.169. The molecule has 5 nitrogen and oxygen atoms in total. The molecule has 2 N–H and O–H groups in total. The van der Waals surface area contributed by atoms with Crippen LogP contribution in [0.1, 0.15) is 21.5 Å². The molecule has 0 spiro atoms. The highest BCUT2D eigenvalue weighted by molar-refractivity contribution is 5.96. The SMILES string of the molecule is COCC(O)CN(C)C(=O)c1cc(C)ccc1C#CCO. The second-order valence-corrected chi connectivity index (χ2v) is 4.80. The van der Waals surface area contributed by atoms with Gasteiger partial charge in [0.15, 0.2) is 0 Å². The molecular formula is C16H21NO4. The highest BCUT2D eigenvalue weighted by Crippen LogP contribution is 2.13. The first-order valence-electron chi connectivity index (χ1n) is 6.62. The Morgan fingerprint density at radius 1 is 1.48 bits per heavy atom. The third-order valence-electron chi connectivity index (χ3n) is 2.90. The zero-order valence-electron chi connectivity index (χ0n) is 12.6. The van der Waals surface area contributed by atoms with Crippen LogP contribution in [0.5, 0.6) is 0 Å². The predicted octanol–water partition coefficient (Wildman–Crippen LogP) is 0.418. The molecule has 1 amide bonds. The Labute approximate surface area is 125 Å². The van der Waals surface area contributed by atoms with Crippen molar-refractivity contribution in [1.82, 2.24) is 4.90 Å². The van der Waals surface area contributed by atoms with E-state index in [1.807, 2.05) is 13.0 Å². The van der Waals surface area contributed by atoms with Gasteiger partial charge >= 0.3 is 0 Å². The average Bonchev–Trinajstić information content (AvgIpc) is 2.45. The number of amides is 1. The number of hydrogen-bond donors (Lipinski definition) is 2. The first-order chi connectivity index (χ1) is 9.99. The number of carbonyl (C=O) groups is 1. The molecule has 0 saturated heterocycles. The Bertz CT molecular complexity index is 545. The lowest BCUT2D eigenvalue weighted by Gasteiger charge is -2.21. The van der Waals surface area contributed by atoms with Crippen LogP contribution in [0.4, 0.5) is 0 Å². The summed E-state index contributed by atoms with van der Waals surface area (Å²) in [5.74, 6) is 5.09. The van der Waals surface area contributed by atoms with Gasteiger partial charge in [-0.15, -0.1) is 0 Å². The zero-order chi connectivity index (χ0) is 15.8. The highest BCUT2D eigenvalue weighted by Gasteiger charge is 2.18. The van der Waals surface area contributed by atoms with Crippen LogP contribution in [0, 0.1) is 18.8 Å². The number of carbonyl (C=O) groups excluding carboxylic acids is 1. The molecule has 0 saturated carbocycles. The Morgan fingerprint density at radius 3 is 2.81 bits per heavy atom. The van der Waals surface area contributed by atoms with E-state index in [0.29, 0.717) is 11.1 Å². The second-order valence-electron chi connectivity index (χ2n) is 4.80. The van der Waals surface area contributed by atoms with Crippen LogP contribution < -0.4 is 0 Å². The van der Waals surface area contributed by atoms with Crippen molar-refractivity contribution in [1.29, 1.82) is 0 Å². The Balaban J connectivity index is 2.97. The zero-order valence-corrected chi connectivity index (χ0v) is 12.6. The molecule has 0 aromatic heterocycles. The van der Waals surface area contributed by atoms with E-state index in [2.05, 4.69) is 11.8 Å². The Morgan fingerprint density at radius 2 is 2.19 bits per heavy atom. The number of likely N-dealkylation sites (N-methyl/N-ethyl adjacent to an activating group) is 1. The lowest BCUT2D eigenvalue weighted by Crippen LogP contribution is -2.36. The first kappa shape index (κ1) is 17.2. The summed E-state index contributed by atoms with van der Waals surface area (Å²) in [6.45, 7) is 1.97. The molecule has 0 fully saturated rings. The molecule has 1 unspecified atom stereocenters. The number of methoxy groups -OCH3 is 1. The van der Waals surface area contributed by atoms with Crippen LogP contribution in [0.2, 0.25) is 0 Å². The molecule has 114 valence electrons. The maximum absolute atomic E-state index is 12.5. The number of benzene rings is 1. The first-order valence-corrected chi connectivity index (χ1v) is 6.62. The minimum Gasteiger partial charge on any atom is -0.389 e. The van der Waals surface area contributed by atoms with Gasteiger partial charge in [-0.25, -0.2) is 0 Å². The number of aryl methyl sites for hydroxylation is 1. The second kappa shape index (κ2) is 8.42. The molecule has 1 rings (SSSR count). The number of hydrogen-bond acceptors (Lipinski definition) is 4. The van der Waals surface area contributed by atoms with Gasteiger partial charge in [0.05, 0.1) is 18.3 Å². The van der Waals surface area contributed by atoms with E-state index in [9.17, 15) is 9.90 Å². The van der Waals surface area contributed by atoms with E-state index in [4.69, 9.17) is 9.84 Å². The van der Waals surface area contributed by atoms with Crippen LogP contribution in [0.15, 0.2) is 18.2 Å². The van der Waals surface area contributed by atoms with E-state index in [1.165, 1.54) is 12.0 Å². The highest BCUT2D eigenvalue weighted by atomic mass is 16.5. The molecule has 1 aromatic rings. The molecule has 0 aliphatic carbocycles. The molecule has 0 aliphatic heterocycles. The van der Waals surface area contributed by atoms with Gasteiger partial charge in [0, 0.05) is 26.3 Å². The van der Waals surface area contributed by atoms with Crippen molar-refractivity contribution in [3.05, 3.63) is 34.9 Å². The van der Waals surface area contributed by atoms with E-state index in [0.717, 1.165) is 5.56 Å². The predicted molar refractivity (Wildman–Crippen MR) is 80.0 cm³/mol. The van der Waals surface area contributed by atoms with Crippen LogP contribution in [-0.2, 0) is 4.74 Å². The van der Waals surface area contributed by atoms with Crippen molar-refractivity contribution in [2.24, 2.45) is 0 Å². The number of ether oxygens (including phenoxy) is 1. The quantitative estimate of drug-likeness (QED) is 0.771. The summed E-state index contributed by atoms with van der Waals surface area (Å²) < 4.78 is 4.85. The molecule has 1 atom stereocenters. The van der Waals surface area contributed by atoms with Gasteiger partial charge in [0.25, 0.3) is 5.91 Å². The van der Waals surface area contributed by atoms with Crippen molar-refractivity contribution in [2.45, 2.75) is 13.0 Å². The van der Waals surface area contributed by atoms with E-state index >= 15 is 0 Å². The van der Waals surface area contributed by atoms with Crippen molar-refractivity contribution in [3.8, 4) is 11.8 Å². The van der Waals surface area contributed by atoms with Gasteiger partial charge in [-0.05, 0) is 19.1 Å². The molecule has 0 heterocycles. The molecule has 21 heavy (non-hydrogen) atoms. The summed E-state index contributed by atoms with van der Waals surface area (Å²) in [7, 11) is 3.11. The van der Waals surface area contributed by atoms with Crippen molar-refractivity contribution in [2.75, 3.05) is 33.9 Å². The molecule has 5 heteroatoms. The summed E-state index contributed by atoms with van der Waals surface area (Å²) in [4.78, 5) is 13.9. The Hall–Kier alpha value is -1.87. The monoisotopic (exact) mass is 291 g/mol. The fraction of sp³-hybridized carbons (Fsp3) is 0.438. The largest absolute Gasteiger partial charge is 0.389 e. The van der Waals surface area contributed by atoms with Crippen molar-refractivity contribution >= 4 is 5.91 Å². The lowest BCUT2D eigenvalue weighted by molar-refractivity contribution is 0.0380. The van der Waals surface area contributed by atoms with E-state index in [1.54, 1.807) is 19.2 Å². The van der Waals surface area contributed by atoms with Gasteiger partial charge in [0.1, 0.15) is 6.61 Å². The third kappa shape index (κ3) is 5.20. The Kier molecular flexibility index (Phi) is 6.89. The summed E-state index contributed by atoms with van der Waals surface area (Å²) in [5, 5.41) is 18.5. The van der Waals surface area contributed by atoms with Gasteiger partial charge in [-0.3, -0.25) is 4.79 Å². The topological polar surface area (TPSA) is 70.0 Å². The number of aliphatic hydroxyl groups excluding tert-OH is 2. The third-order valence-corrected chi connectivity index (χ3v) is 2.90. The molecule has 0 radical (unpaired) electrons. The van der Waals surface area contributed by atoms with E-state index < -0.39 is 6.10 Å². The van der Waals surface area contributed by atoms with Gasteiger partial charge in [-0.2, -0.15) is 0 Å². The van der Waals surface area contributed by atoms with Gasteiger partial charge < -0.3 is 19.8 Å². The molecular weight excluding hydrogens is 270 g/mol. The number of rotatable bonds is 5. The smallest absolute Gasteiger partial charge is 0.254 e. The minimum atomic E-state index is -0.735.